The van der Waals surface area contributed by atoms with Crippen molar-refractivity contribution in [3.63, 3.8) is 0 Å². The van der Waals surface area contributed by atoms with E-state index in [1.54, 1.807) is 31.1 Å². The lowest BCUT2D eigenvalue weighted by atomic mass is 9.95. The Hall–Kier alpha value is -3.68. The van der Waals surface area contributed by atoms with Gasteiger partial charge in [-0.25, -0.2) is 0 Å². The Morgan fingerprint density at radius 1 is 1.18 bits per heavy atom. The van der Waals surface area contributed by atoms with Gasteiger partial charge < -0.3 is 19.0 Å². The van der Waals surface area contributed by atoms with Crippen LogP contribution in [0.3, 0.4) is 0 Å². The average molecular weight is 468 g/mol. The number of carbonyl (C=O) groups is 1. The Labute approximate surface area is 194 Å². The molecule has 0 bridgehead atoms. The smallest absolute Gasteiger partial charge is 0.417 e. The number of ether oxygens (including phenoxy) is 1. The highest BCUT2D eigenvalue weighted by Gasteiger charge is 2.37. The third kappa shape index (κ3) is 3.63. The fraction of sp³-hybridized carbons (Fsp3) is 0.269. The molecule has 0 unspecified atom stereocenters. The number of fused-ring (bicyclic) bond motifs is 3. The monoisotopic (exact) mass is 468 g/mol. The zero-order valence-corrected chi connectivity index (χ0v) is 18.7. The van der Waals surface area contributed by atoms with Gasteiger partial charge in [-0.3, -0.25) is 4.79 Å². The van der Waals surface area contributed by atoms with Crippen molar-refractivity contribution in [2.75, 3.05) is 13.7 Å². The molecule has 1 atom stereocenters. The van der Waals surface area contributed by atoms with Gasteiger partial charge in [-0.15, -0.1) is 0 Å². The highest BCUT2D eigenvalue weighted by atomic mass is 19.4. The number of aromatic amines is 1. The molecule has 2 aromatic carbocycles. The molecule has 0 saturated carbocycles. The van der Waals surface area contributed by atoms with Gasteiger partial charge >= 0.3 is 6.18 Å². The molecule has 5 nitrogen and oxygen atoms in total. The molecule has 0 aliphatic carbocycles. The predicted octanol–water partition coefficient (Wildman–Crippen LogP) is 6.34. The molecule has 0 radical (unpaired) electrons. The first-order valence-corrected chi connectivity index (χ1v) is 11.1. The number of hydrogen-bond donors (Lipinski definition) is 1. The van der Waals surface area contributed by atoms with E-state index >= 15 is 0 Å². The van der Waals surface area contributed by atoms with Crippen molar-refractivity contribution in [2.45, 2.75) is 32.0 Å². The van der Waals surface area contributed by atoms with Gasteiger partial charge in [-0.2, -0.15) is 13.2 Å². The molecule has 3 heterocycles. The fourth-order valence-corrected chi connectivity index (χ4v) is 4.75. The van der Waals surface area contributed by atoms with Gasteiger partial charge in [-0.1, -0.05) is 25.1 Å². The summed E-state index contributed by atoms with van der Waals surface area (Å²) in [5.41, 5.74) is 1.95. The van der Waals surface area contributed by atoms with Gasteiger partial charge in [0.1, 0.15) is 23.3 Å². The first-order valence-electron chi connectivity index (χ1n) is 11.1. The number of nitrogens with zero attached hydrogens (tertiary/aromatic N) is 1. The topological polar surface area (TPSA) is 58.5 Å². The lowest BCUT2D eigenvalue weighted by Gasteiger charge is -2.34. The summed E-state index contributed by atoms with van der Waals surface area (Å²) in [6.45, 7) is 2.27. The van der Waals surface area contributed by atoms with Crippen LogP contribution in [-0.2, 0) is 17.4 Å². The highest BCUT2D eigenvalue weighted by Crippen LogP contribution is 2.43. The third-order valence-electron chi connectivity index (χ3n) is 6.35. The molecule has 1 aliphatic rings. The molecule has 0 fully saturated rings. The fourth-order valence-electron chi connectivity index (χ4n) is 4.75. The van der Waals surface area contributed by atoms with Crippen molar-refractivity contribution >= 4 is 16.8 Å². The summed E-state index contributed by atoms with van der Waals surface area (Å²) in [6.07, 6.45) is -3.55. The van der Waals surface area contributed by atoms with E-state index in [1.165, 1.54) is 18.2 Å². The Morgan fingerprint density at radius 3 is 2.71 bits per heavy atom. The number of furan rings is 1. The van der Waals surface area contributed by atoms with Crippen LogP contribution in [-0.4, -0.2) is 29.4 Å². The van der Waals surface area contributed by atoms with Crippen LogP contribution < -0.4 is 4.74 Å². The SMILES string of the molecule is CCC(=O)N1CCc2c([nH]c3ccc(OC)cc23)[C@@H]1c1ccc(-c2ccccc2C(F)(F)F)o1. The first-order chi connectivity index (χ1) is 16.3. The maximum atomic E-state index is 13.6. The summed E-state index contributed by atoms with van der Waals surface area (Å²) in [6, 6.07) is 13.7. The minimum atomic E-state index is -4.51. The lowest BCUT2D eigenvalue weighted by Crippen LogP contribution is -2.40. The summed E-state index contributed by atoms with van der Waals surface area (Å²) < 4.78 is 52.1. The van der Waals surface area contributed by atoms with Crippen LogP contribution in [0.2, 0.25) is 0 Å². The number of nitrogens with one attached hydrogen (secondary N) is 1. The quantitative estimate of drug-likeness (QED) is 0.380. The van der Waals surface area contributed by atoms with Crippen LogP contribution in [0.4, 0.5) is 13.2 Å². The van der Waals surface area contributed by atoms with Gasteiger partial charge in [0.25, 0.3) is 0 Å². The van der Waals surface area contributed by atoms with Crippen LogP contribution >= 0.6 is 0 Å². The third-order valence-corrected chi connectivity index (χ3v) is 6.35. The van der Waals surface area contributed by atoms with E-state index in [4.69, 9.17) is 9.15 Å². The van der Waals surface area contributed by atoms with E-state index in [1.807, 2.05) is 18.2 Å². The summed E-state index contributed by atoms with van der Waals surface area (Å²) in [4.78, 5) is 18.0. The van der Waals surface area contributed by atoms with Crippen molar-refractivity contribution in [2.24, 2.45) is 0 Å². The normalized spacial score (nSPS) is 16.0. The Bertz CT molecular complexity index is 1370. The second-order valence-electron chi connectivity index (χ2n) is 8.27. The molecule has 1 amide bonds. The highest BCUT2D eigenvalue weighted by molar-refractivity contribution is 5.87. The Balaban J connectivity index is 1.64. The van der Waals surface area contributed by atoms with Crippen LogP contribution in [0.5, 0.6) is 5.75 Å². The molecular formula is C26H23F3N2O3. The van der Waals surface area contributed by atoms with E-state index in [2.05, 4.69) is 4.98 Å². The number of amides is 1. The standard InChI is InChI=1S/C26H23F3N2O3/c1-3-23(32)31-13-12-16-18-14-15(33-2)8-9-20(18)30-24(16)25(31)22-11-10-21(34-22)17-6-4-5-7-19(17)26(27,28)29/h4-11,14,25,30H,3,12-13H2,1-2H3/t25-/m0/s1. The first kappa shape index (κ1) is 22.1. The van der Waals surface area contributed by atoms with Crippen LogP contribution in [0.25, 0.3) is 22.2 Å². The zero-order chi connectivity index (χ0) is 24.0. The number of carbonyl (C=O) groups excluding carboxylic acids is 1. The van der Waals surface area contributed by atoms with E-state index < -0.39 is 17.8 Å². The van der Waals surface area contributed by atoms with Crippen LogP contribution in [0.1, 0.15) is 42.0 Å². The van der Waals surface area contributed by atoms with Crippen molar-refractivity contribution in [3.8, 4) is 17.1 Å². The number of hydrogen-bond acceptors (Lipinski definition) is 3. The number of halogens is 3. The lowest BCUT2D eigenvalue weighted by molar-refractivity contribution is -0.137. The van der Waals surface area contributed by atoms with Crippen LogP contribution in [0, 0.1) is 0 Å². The molecule has 0 saturated heterocycles. The number of methoxy groups -OCH3 is 1. The Kier molecular flexibility index (Phi) is 5.38. The van der Waals surface area contributed by atoms with E-state index in [-0.39, 0.29) is 17.2 Å². The van der Waals surface area contributed by atoms with Gasteiger partial charge in [0.2, 0.25) is 5.91 Å². The summed E-state index contributed by atoms with van der Waals surface area (Å²) >= 11 is 0. The van der Waals surface area contributed by atoms with Crippen molar-refractivity contribution in [1.29, 1.82) is 0 Å². The van der Waals surface area contributed by atoms with Gasteiger partial charge in [-0.05, 0) is 48.4 Å². The number of H-pyrrole nitrogens is 1. The van der Waals surface area contributed by atoms with E-state index in [0.717, 1.165) is 34.0 Å². The number of rotatable bonds is 4. The molecule has 1 N–H and O–H groups in total. The average Bonchev–Trinajstić information content (AvgIpc) is 3.47. The number of alkyl halides is 3. The molecule has 0 spiro atoms. The Morgan fingerprint density at radius 2 is 1.97 bits per heavy atom. The molecule has 2 aromatic heterocycles. The zero-order valence-electron chi connectivity index (χ0n) is 18.7. The molecule has 5 rings (SSSR count). The maximum Gasteiger partial charge on any atom is 0.417 e. The molecule has 4 aromatic rings. The molecule has 34 heavy (non-hydrogen) atoms. The number of benzene rings is 2. The second-order valence-corrected chi connectivity index (χ2v) is 8.27. The minimum absolute atomic E-state index is 0.0352. The maximum absolute atomic E-state index is 13.6. The minimum Gasteiger partial charge on any atom is -0.497 e. The van der Waals surface area contributed by atoms with Crippen molar-refractivity contribution < 1.29 is 27.1 Å². The second kappa shape index (κ2) is 8.27. The van der Waals surface area contributed by atoms with Crippen molar-refractivity contribution in [1.82, 2.24) is 9.88 Å². The largest absolute Gasteiger partial charge is 0.497 e. The molecule has 176 valence electrons. The molecular weight excluding hydrogens is 445 g/mol. The summed E-state index contributed by atoms with van der Waals surface area (Å²) in [5, 5.41) is 0.997. The van der Waals surface area contributed by atoms with Crippen LogP contribution in [0.15, 0.2) is 59.0 Å². The van der Waals surface area contributed by atoms with Crippen molar-refractivity contribution in [3.05, 3.63) is 77.2 Å². The van der Waals surface area contributed by atoms with Gasteiger partial charge in [0.15, 0.2) is 0 Å². The van der Waals surface area contributed by atoms with E-state index in [0.29, 0.717) is 25.1 Å². The van der Waals surface area contributed by atoms with E-state index in [9.17, 15) is 18.0 Å². The predicted molar refractivity (Wildman–Crippen MR) is 122 cm³/mol. The van der Waals surface area contributed by atoms with Gasteiger partial charge in [0, 0.05) is 29.4 Å². The molecule has 8 heteroatoms. The van der Waals surface area contributed by atoms with Gasteiger partial charge in [0.05, 0.1) is 18.4 Å². The summed E-state index contributed by atoms with van der Waals surface area (Å²) in [5.74, 6) is 1.19. The summed E-state index contributed by atoms with van der Waals surface area (Å²) in [7, 11) is 1.61. The number of aromatic nitrogens is 1. The molecule has 1 aliphatic heterocycles.